The summed E-state index contributed by atoms with van der Waals surface area (Å²) in [7, 11) is 0. The van der Waals surface area contributed by atoms with Crippen molar-refractivity contribution < 1.29 is 4.79 Å². The van der Waals surface area contributed by atoms with Crippen LogP contribution in [0.3, 0.4) is 0 Å². The van der Waals surface area contributed by atoms with E-state index in [0.29, 0.717) is 6.42 Å². The minimum absolute atomic E-state index is 0.00801. The van der Waals surface area contributed by atoms with Crippen molar-refractivity contribution >= 4 is 5.91 Å². The number of nitrogens with zero attached hydrogens (tertiary/aromatic N) is 3. The first-order valence-corrected chi connectivity index (χ1v) is 7.36. The Bertz CT molecular complexity index is 548. The van der Waals surface area contributed by atoms with Gasteiger partial charge in [0, 0.05) is 31.6 Å². The van der Waals surface area contributed by atoms with Crippen LogP contribution in [0.1, 0.15) is 43.5 Å². The summed E-state index contributed by atoms with van der Waals surface area (Å²) in [6.07, 6.45) is 9.41. The summed E-state index contributed by atoms with van der Waals surface area (Å²) in [6, 6.07) is 4.00. The van der Waals surface area contributed by atoms with Gasteiger partial charge in [0.05, 0.1) is 18.1 Å². The van der Waals surface area contributed by atoms with E-state index in [4.69, 9.17) is 0 Å². The zero-order valence-corrected chi connectivity index (χ0v) is 12.6. The second-order valence-corrected chi connectivity index (χ2v) is 5.19. The first-order chi connectivity index (χ1) is 10.2. The maximum Gasteiger partial charge on any atom is 0.220 e. The van der Waals surface area contributed by atoms with Crippen LogP contribution in [0.15, 0.2) is 37.1 Å². The van der Waals surface area contributed by atoms with E-state index >= 15 is 0 Å². The molecule has 112 valence electrons. The average molecular weight is 286 g/mol. The Hall–Kier alpha value is -2.17. The second-order valence-electron chi connectivity index (χ2n) is 5.19. The van der Waals surface area contributed by atoms with Crippen molar-refractivity contribution in [2.75, 3.05) is 0 Å². The molecule has 1 amide bonds. The molecule has 0 aliphatic heterocycles. The molecule has 2 aromatic rings. The summed E-state index contributed by atoms with van der Waals surface area (Å²) in [5.74, 6) is 0.0735. The van der Waals surface area contributed by atoms with Crippen molar-refractivity contribution in [1.29, 1.82) is 0 Å². The molecule has 0 radical (unpaired) electrons. The standard InChI is InChI=1S/C16H22N4O/c1-3-14(15-7-6-13(2)11-18-15)19-16(21)5-4-9-20-10-8-17-12-20/h6-8,10-12,14H,3-5,9H2,1-2H3,(H,19,21)/t14-/m1/s1. The molecular formula is C16H22N4O. The van der Waals surface area contributed by atoms with E-state index in [0.717, 1.165) is 30.6 Å². The zero-order chi connectivity index (χ0) is 15.1. The van der Waals surface area contributed by atoms with E-state index in [9.17, 15) is 4.79 Å². The third-order valence-corrected chi connectivity index (χ3v) is 3.41. The monoisotopic (exact) mass is 286 g/mol. The summed E-state index contributed by atoms with van der Waals surface area (Å²) in [4.78, 5) is 20.4. The number of carbonyl (C=O) groups excluding carboxylic acids is 1. The van der Waals surface area contributed by atoms with Crippen molar-refractivity contribution in [2.24, 2.45) is 0 Å². The van der Waals surface area contributed by atoms with Crippen LogP contribution in [0.5, 0.6) is 0 Å². The summed E-state index contributed by atoms with van der Waals surface area (Å²) in [6.45, 7) is 4.87. The van der Waals surface area contributed by atoms with Gasteiger partial charge in [0.25, 0.3) is 0 Å². The van der Waals surface area contributed by atoms with E-state index in [2.05, 4.69) is 22.2 Å². The van der Waals surface area contributed by atoms with Gasteiger partial charge >= 0.3 is 0 Å². The van der Waals surface area contributed by atoms with Crippen molar-refractivity contribution in [3.8, 4) is 0 Å². The molecule has 0 unspecified atom stereocenters. The molecule has 0 aliphatic carbocycles. The molecule has 2 aromatic heterocycles. The number of aromatic nitrogens is 3. The van der Waals surface area contributed by atoms with Crippen molar-refractivity contribution in [1.82, 2.24) is 19.9 Å². The summed E-state index contributed by atoms with van der Waals surface area (Å²) >= 11 is 0. The van der Waals surface area contributed by atoms with Crippen LogP contribution in [-0.4, -0.2) is 20.4 Å². The van der Waals surface area contributed by atoms with Gasteiger partial charge in [-0.15, -0.1) is 0 Å². The largest absolute Gasteiger partial charge is 0.348 e. The average Bonchev–Trinajstić information content (AvgIpc) is 2.99. The lowest BCUT2D eigenvalue weighted by molar-refractivity contribution is -0.122. The molecule has 0 bridgehead atoms. The third-order valence-electron chi connectivity index (χ3n) is 3.41. The molecule has 0 aliphatic rings. The molecule has 2 rings (SSSR count). The lowest BCUT2D eigenvalue weighted by atomic mass is 10.1. The predicted octanol–water partition coefficient (Wildman–Crippen LogP) is 2.63. The second kappa shape index (κ2) is 7.57. The smallest absolute Gasteiger partial charge is 0.220 e. The number of rotatable bonds is 7. The van der Waals surface area contributed by atoms with E-state index in [-0.39, 0.29) is 11.9 Å². The molecular weight excluding hydrogens is 264 g/mol. The van der Waals surface area contributed by atoms with Gasteiger partial charge in [-0.05, 0) is 31.4 Å². The summed E-state index contributed by atoms with van der Waals surface area (Å²) < 4.78 is 1.98. The molecule has 1 N–H and O–H groups in total. The Labute approximate surface area is 125 Å². The fourth-order valence-electron chi connectivity index (χ4n) is 2.18. The highest BCUT2D eigenvalue weighted by molar-refractivity contribution is 5.76. The first-order valence-electron chi connectivity index (χ1n) is 7.36. The summed E-state index contributed by atoms with van der Waals surface area (Å²) in [5.41, 5.74) is 2.05. The fraction of sp³-hybridized carbons (Fsp3) is 0.438. The lowest BCUT2D eigenvalue weighted by Gasteiger charge is -2.16. The Morgan fingerprint density at radius 2 is 2.29 bits per heavy atom. The highest BCUT2D eigenvalue weighted by Gasteiger charge is 2.13. The quantitative estimate of drug-likeness (QED) is 0.851. The fourth-order valence-corrected chi connectivity index (χ4v) is 2.18. The van der Waals surface area contributed by atoms with Crippen LogP contribution in [0, 0.1) is 6.92 Å². The molecule has 2 heterocycles. The minimum Gasteiger partial charge on any atom is -0.348 e. The maximum atomic E-state index is 12.0. The van der Waals surface area contributed by atoms with E-state index in [1.54, 1.807) is 12.5 Å². The van der Waals surface area contributed by atoms with Crippen LogP contribution in [0.4, 0.5) is 0 Å². The SMILES string of the molecule is CC[C@@H](NC(=O)CCCn1ccnc1)c1ccc(C)cn1. The van der Waals surface area contributed by atoms with Crippen LogP contribution >= 0.6 is 0 Å². The molecule has 0 spiro atoms. The van der Waals surface area contributed by atoms with Crippen LogP contribution in [-0.2, 0) is 11.3 Å². The number of hydrogen-bond donors (Lipinski definition) is 1. The maximum absolute atomic E-state index is 12.0. The van der Waals surface area contributed by atoms with Crippen LogP contribution in [0.25, 0.3) is 0 Å². The molecule has 0 fully saturated rings. The van der Waals surface area contributed by atoms with Gasteiger partial charge in [-0.3, -0.25) is 9.78 Å². The van der Waals surface area contributed by atoms with Crippen LogP contribution in [0.2, 0.25) is 0 Å². The van der Waals surface area contributed by atoms with Crippen LogP contribution < -0.4 is 5.32 Å². The minimum atomic E-state index is -0.00801. The Morgan fingerprint density at radius 3 is 2.90 bits per heavy atom. The molecule has 5 nitrogen and oxygen atoms in total. The highest BCUT2D eigenvalue weighted by Crippen LogP contribution is 2.14. The number of pyridine rings is 1. The van der Waals surface area contributed by atoms with E-state index in [1.807, 2.05) is 36.0 Å². The third kappa shape index (κ3) is 4.70. The lowest BCUT2D eigenvalue weighted by Crippen LogP contribution is -2.28. The number of hydrogen-bond acceptors (Lipinski definition) is 3. The van der Waals surface area contributed by atoms with Crippen molar-refractivity contribution in [3.63, 3.8) is 0 Å². The number of amides is 1. The Morgan fingerprint density at radius 1 is 1.43 bits per heavy atom. The molecule has 0 saturated carbocycles. The highest BCUT2D eigenvalue weighted by atomic mass is 16.1. The van der Waals surface area contributed by atoms with Gasteiger partial charge in [-0.1, -0.05) is 13.0 Å². The summed E-state index contributed by atoms with van der Waals surface area (Å²) in [5, 5.41) is 3.06. The van der Waals surface area contributed by atoms with Crippen molar-refractivity contribution in [3.05, 3.63) is 48.3 Å². The van der Waals surface area contributed by atoms with E-state index < -0.39 is 0 Å². The number of imidazole rings is 1. The number of carbonyl (C=O) groups is 1. The molecule has 5 heteroatoms. The molecule has 0 aromatic carbocycles. The Balaban J connectivity index is 1.80. The normalized spacial score (nSPS) is 12.1. The zero-order valence-electron chi connectivity index (χ0n) is 12.6. The number of nitrogens with one attached hydrogen (secondary N) is 1. The van der Waals surface area contributed by atoms with Gasteiger partial charge in [0.2, 0.25) is 5.91 Å². The topological polar surface area (TPSA) is 59.8 Å². The van der Waals surface area contributed by atoms with Crippen molar-refractivity contribution in [2.45, 2.75) is 45.7 Å². The van der Waals surface area contributed by atoms with Gasteiger partial charge in [-0.2, -0.15) is 0 Å². The van der Waals surface area contributed by atoms with Gasteiger partial charge in [-0.25, -0.2) is 4.98 Å². The molecule has 0 saturated heterocycles. The van der Waals surface area contributed by atoms with Gasteiger partial charge in [0.15, 0.2) is 0 Å². The molecule has 21 heavy (non-hydrogen) atoms. The van der Waals surface area contributed by atoms with Gasteiger partial charge in [0.1, 0.15) is 0 Å². The van der Waals surface area contributed by atoms with Gasteiger partial charge < -0.3 is 9.88 Å². The Kier molecular flexibility index (Phi) is 5.49. The predicted molar refractivity (Wildman–Crippen MR) is 81.6 cm³/mol. The number of aryl methyl sites for hydroxylation is 2. The van der Waals surface area contributed by atoms with E-state index in [1.165, 1.54) is 0 Å². The first kappa shape index (κ1) is 15.2. The molecule has 1 atom stereocenters.